The van der Waals surface area contributed by atoms with E-state index in [1.165, 1.54) is 6.07 Å². The number of nitrogens with zero attached hydrogens (tertiary/aromatic N) is 3. The van der Waals surface area contributed by atoms with Crippen LogP contribution in [0.5, 0.6) is 0 Å². The van der Waals surface area contributed by atoms with E-state index in [4.69, 9.17) is 0 Å². The summed E-state index contributed by atoms with van der Waals surface area (Å²) in [5.41, 5.74) is 0.724. The molecule has 0 radical (unpaired) electrons. The van der Waals surface area contributed by atoms with Crippen molar-refractivity contribution in [3.05, 3.63) is 41.7 Å². The molecule has 0 spiro atoms. The first-order valence-corrected chi connectivity index (χ1v) is 8.35. The smallest absolute Gasteiger partial charge is 0.166 e. The maximum absolute atomic E-state index is 14.5. The van der Waals surface area contributed by atoms with Crippen molar-refractivity contribution >= 4 is 16.9 Å². The van der Waals surface area contributed by atoms with Gasteiger partial charge in [-0.15, -0.1) is 0 Å². The number of nitriles is 1. The van der Waals surface area contributed by atoms with Crippen LogP contribution >= 0.6 is 0 Å². The summed E-state index contributed by atoms with van der Waals surface area (Å²) in [6.07, 6.45) is 2.63. The molecule has 8 heteroatoms. The molecular formula is C19H19F2N5O. The van der Waals surface area contributed by atoms with Gasteiger partial charge in [0.25, 0.3) is 0 Å². The second kappa shape index (κ2) is 6.93. The zero-order valence-electron chi connectivity index (χ0n) is 15.1. The monoisotopic (exact) mass is 371 g/mol. The van der Waals surface area contributed by atoms with E-state index in [1.54, 1.807) is 6.20 Å². The fourth-order valence-corrected chi connectivity index (χ4v) is 2.76. The number of nitrogens with one attached hydrogen (secondary N) is 2. The number of anilines is 1. The lowest BCUT2D eigenvalue weighted by Crippen LogP contribution is -2.37. The quantitative estimate of drug-likeness (QED) is 0.651. The average molecular weight is 371 g/mol. The molecular weight excluding hydrogens is 352 g/mol. The number of hydrogen-bond acceptors (Lipinski definition) is 5. The molecule has 27 heavy (non-hydrogen) atoms. The van der Waals surface area contributed by atoms with Gasteiger partial charge in [-0.05, 0) is 17.5 Å². The van der Waals surface area contributed by atoms with Crippen LogP contribution in [0, 0.1) is 28.4 Å². The molecule has 3 aromatic heterocycles. The van der Waals surface area contributed by atoms with E-state index in [0.717, 1.165) is 12.3 Å². The van der Waals surface area contributed by atoms with Gasteiger partial charge < -0.3 is 15.4 Å². The Morgan fingerprint density at radius 2 is 2.07 bits per heavy atom. The molecule has 3 aromatic rings. The number of aromatic amines is 1. The zero-order chi connectivity index (χ0) is 19.8. The van der Waals surface area contributed by atoms with Crippen LogP contribution < -0.4 is 5.32 Å². The van der Waals surface area contributed by atoms with Crippen molar-refractivity contribution in [3.63, 3.8) is 0 Å². The van der Waals surface area contributed by atoms with Crippen molar-refractivity contribution in [2.24, 2.45) is 5.41 Å². The Hall–Kier alpha value is -3.05. The molecule has 0 saturated heterocycles. The Morgan fingerprint density at radius 3 is 2.70 bits per heavy atom. The Bertz CT molecular complexity index is 1030. The van der Waals surface area contributed by atoms with Crippen LogP contribution in [-0.4, -0.2) is 32.7 Å². The summed E-state index contributed by atoms with van der Waals surface area (Å²) in [6, 6.07) is 3.82. The van der Waals surface area contributed by atoms with Gasteiger partial charge in [0, 0.05) is 17.1 Å². The molecule has 3 heterocycles. The van der Waals surface area contributed by atoms with E-state index in [9.17, 15) is 19.1 Å². The number of pyridine rings is 2. The highest BCUT2D eigenvalue weighted by Crippen LogP contribution is 2.32. The number of H-pyrrole nitrogens is 1. The number of aromatic nitrogens is 3. The second-order valence-corrected chi connectivity index (χ2v) is 7.32. The van der Waals surface area contributed by atoms with Gasteiger partial charge in [-0.1, -0.05) is 20.8 Å². The summed E-state index contributed by atoms with van der Waals surface area (Å²) in [5.74, 6) is -1.32. The molecule has 0 fully saturated rings. The molecule has 0 saturated carbocycles. The SMILES string of the molecule is CC(C)(C)[C@@H](CO)Nc1nc(-c2c[nH]c3ncc(F)cc23)c(C#N)cc1F. The van der Waals surface area contributed by atoms with E-state index in [2.05, 4.69) is 20.3 Å². The van der Waals surface area contributed by atoms with Crippen molar-refractivity contribution in [2.75, 3.05) is 11.9 Å². The lowest BCUT2D eigenvalue weighted by molar-refractivity contribution is 0.201. The highest BCUT2D eigenvalue weighted by atomic mass is 19.1. The Labute approximate surface area is 154 Å². The lowest BCUT2D eigenvalue weighted by atomic mass is 9.87. The number of rotatable bonds is 4. The van der Waals surface area contributed by atoms with Crippen LogP contribution in [-0.2, 0) is 0 Å². The van der Waals surface area contributed by atoms with Crippen LogP contribution in [0.15, 0.2) is 24.5 Å². The number of aliphatic hydroxyl groups is 1. The molecule has 3 rings (SSSR count). The molecule has 140 valence electrons. The van der Waals surface area contributed by atoms with Gasteiger partial charge >= 0.3 is 0 Å². The summed E-state index contributed by atoms with van der Waals surface area (Å²) in [7, 11) is 0. The number of fused-ring (bicyclic) bond motifs is 1. The summed E-state index contributed by atoms with van der Waals surface area (Å²) in [4.78, 5) is 11.1. The van der Waals surface area contributed by atoms with Crippen molar-refractivity contribution in [2.45, 2.75) is 26.8 Å². The largest absolute Gasteiger partial charge is 0.394 e. The first-order valence-electron chi connectivity index (χ1n) is 8.35. The van der Waals surface area contributed by atoms with Crippen LogP contribution in [0.2, 0.25) is 0 Å². The predicted octanol–water partition coefficient (Wildman–Crippen LogP) is 3.59. The van der Waals surface area contributed by atoms with Gasteiger partial charge in [-0.3, -0.25) is 0 Å². The lowest BCUT2D eigenvalue weighted by Gasteiger charge is -2.30. The summed E-state index contributed by atoms with van der Waals surface area (Å²) in [5, 5.41) is 22.4. The summed E-state index contributed by atoms with van der Waals surface area (Å²) < 4.78 is 28.1. The van der Waals surface area contributed by atoms with Crippen molar-refractivity contribution < 1.29 is 13.9 Å². The Kier molecular flexibility index (Phi) is 4.81. The highest BCUT2D eigenvalue weighted by molar-refractivity contribution is 5.94. The van der Waals surface area contributed by atoms with E-state index < -0.39 is 17.7 Å². The molecule has 0 aliphatic carbocycles. The van der Waals surface area contributed by atoms with Crippen molar-refractivity contribution in [1.82, 2.24) is 15.0 Å². The highest BCUT2D eigenvalue weighted by Gasteiger charge is 2.26. The minimum atomic E-state index is -0.706. The van der Waals surface area contributed by atoms with Gasteiger partial charge in [-0.2, -0.15) is 5.26 Å². The Balaban J connectivity index is 2.15. The summed E-state index contributed by atoms with van der Waals surface area (Å²) >= 11 is 0. The molecule has 0 amide bonds. The van der Waals surface area contributed by atoms with Gasteiger partial charge in [0.05, 0.1) is 30.1 Å². The maximum atomic E-state index is 14.5. The van der Waals surface area contributed by atoms with E-state index in [-0.39, 0.29) is 29.1 Å². The molecule has 0 aliphatic rings. The molecule has 0 aromatic carbocycles. The van der Waals surface area contributed by atoms with E-state index in [1.807, 2.05) is 26.8 Å². The molecule has 0 aliphatic heterocycles. The van der Waals surface area contributed by atoms with Gasteiger partial charge in [0.1, 0.15) is 17.5 Å². The van der Waals surface area contributed by atoms with E-state index >= 15 is 0 Å². The average Bonchev–Trinajstić information content (AvgIpc) is 3.02. The summed E-state index contributed by atoms with van der Waals surface area (Å²) in [6.45, 7) is 5.48. The topological polar surface area (TPSA) is 97.6 Å². The second-order valence-electron chi connectivity index (χ2n) is 7.32. The molecule has 0 unspecified atom stereocenters. The first-order chi connectivity index (χ1) is 12.7. The number of hydrogen-bond donors (Lipinski definition) is 3. The molecule has 3 N–H and O–H groups in total. The van der Waals surface area contributed by atoms with Gasteiger partial charge in [-0.25, -0.2) is 18.7 Å². The van der Waals surface area contributed by atoms with Crippen LogP contribution in [0.25, 0.3) is 22.3 Å². The van der Waals surface area contributed by atoms with Gasteiger partial charge in [0.2, 0.25) is 0 Å². The van der Waals surface area contributed by atoms with E-state index in [0.29, 0.717) is 16.6 Å². The Morgan fingerprint density at radius 1 is 1.33 bits per heavy atom. The standard InChI is InChI=1S/C19H19F2N5O/c1-19(2,3)15(9-27)25-18-14(21)4-10(6-22)16(26-18)13-8-24-17-12(13)5-11(20)7-23-17/h4-5,7-8,15,27H,9H2,1-3H3,(H,23,24)(H,25,26)/t15-/m1/s1. The number of halogens is 2. The first kappa shape index (κ1) is 18.7. The third kappa shape index (κ3) is 3.59. The van der Waals surface area contributed by atoms with Crippen LogP contribution in [0.3, 0.4) is 0 Å². The van der Waals surface area contributed by atoms with Crippen molar-refractivity contribution in [3.8, 4) is 17.3 Å². The normalized spacial score (nSPS) is 12.8. The van der Waals surface area contributed by atoms with Crippen molar-refractivity contribution in [1.29, 1.82) is 5.26 Å². The predicted molar refractivity (Wildman–Crippen MR) is 97.9 cm³/mol. The third-order valence-corrected chi connectivity index (χ3v) is 4.39. The van der Waals surface area contributed by atoms with Crippen LogP contribution in [0.1, 0.15) is 26.3 Å². The maximum Gasteiger partial charge on any atom is 0.166 e. The zero-order valence-corrected chi connectivity index (χ0v) is 15.1. The third-order valence-electron chi connectivity index (χ3n) is 4.39. The molecule has 0 bridgehead atoms. The number of aliphatic hydroxyl groups excluding tert-OH is 1. The molecule has 1 atom stereocenters. The molecule has 6 nitrogen and oxygen atoms in total. The van der Waals surface area contributed by atoms with Crippen LogP contribution in [0.4, 0.5) is 14.6 Å². The fraction of sp³-hybridized carbons (Fsp3) is 0.316. The fourth-order valence-electron chi connectivity index (χ4n) is 2.76. The minimum absolute atomic E-state index is 0.0134. The minimum Gasteiger partial charge on any atom is -0.394 e. The van der Waals surface area contributed by atoms with Gasteiger partial charge in [0.15, 0.2) is 11.6 Å².